The predicted octanol–water partition coefficient (Wildman–Crippen LogP) is 0.628. The van der Waals surface area contributed by atoms with Gasteiger partial charge in [0.15, 0.2) is 0 Å². The highest BCUT2D eigenvalue weighted by molar-refractivity contribution is 7.89. The van der Waals surface area contributed by atoms with Gasteiger partial charge in [-0.1, -0.05) is 0 Å². The second-order valence-corrected chi connectivity index (χ2v) is 6.58. The van der Waals surface area contributed by atoms with Crippen molar-refractivity contribution in [3.8, 4) is 0 Å². The van der Waals surface area contributed by atoms with Gasteiger partial charge in [0, 0.05) is 19.1 Å². The van der Waals surface area contributed by atoms with Crippen LogP contribution in [0.25, 0.3) is 0 Å². The summed E-state index contributed by atoms with van der Waals surface area (Å²) in [5, 5.41) is 7.57. The Morgan fingerprint density at radius 2 is 2.24 bits per heavy atom. The Bertz CT molecular complexity index is 648. The highest BCUT2D eigenvalue weighted by Gasteiger charge is 2.25. The van der Waals surface area contributed by atoms with Crippen LogP contribution in [0.15, 0.2) is 23.1 Å². The van der Waals surface area contributed by atoms with Crippen molar-refractivity contribution in [2.75, 3.05) is 13.2 Å². The van der Waals surface area contributed by atoms with Gasteiger partial charge in [-0.25, -0.2) is 17.9 Å². The van der Waals surface area contributed by atoms with Gasteiger partial charge >= 0.3 is 0 Å². The number of rotatable bonds is 4. The standard InChI is InChI=1S/C13H17FN2O4S/c1-8-9(4-5-20-8)7-16-13(17)11-6-10(21(15,18)19)2-3-12(11)14/h2-3,6,8-9H,4-5,7H2,1H3,(H,16,17)(H2,15,18,19). The summed E-state index contributed by atoms with van der Waals surface area (Å²) in [6.45, 7) is 2.89. The van der Waals surface area contributed by atoms with Crippen LogP contribution in [0.2, 0.25) is 0 Å². The molecule has 1 fully saturated rings. The molecule has 2 atom stereocenters. The lowest BCUT2D eigenvalue weighted by Crippen LogP contribution is -2.32. The smallest absolute Gasteiger partial charge is 0.254 e. The maximum atomic E-state index is 13.7. The van der Waals surface area contributed by atoms with Gasteiger partial charge in [-0.15, -0.1) is 0 Å². The number of nitrogens with two attached hydrogens (primary N) is 1. The van der Waals surface area contributed by atoms with Crippen LogP contribution in [0.4, 0.5) is 4.39 Å². The molecule has 1 aliphatic rings. The Morgan fingerprint density at radius 1 is 1.52 bits per heavy atom. The van der Waals surface area contributed by atoms with Crippen molar-refractivity contribution in [1.29, 1.82) is 0 Å². The molecule has 1 heterocycles. The number of hydrogen-bond donors (Lipinski definition) is 2. The van der Waals surface area contributed by atoms with Crippen molar-refractivity contribution in [3.05, 3.63) is 29.6 Å². The van der Waals surface area contributed by atoms with Crippen molar-refractivity contribution in [2.45, 2.75) is 24.3 Å². The van der Waals surface area contributed by atoms with Crippen molar-refractivity contribution < 1.29 is 22.3 Å². The van der Waals surface area contributed by atoms with Gasteiger partial charge in [-0.05, 0) is 31.5 Å². The molecule has 116 valence electrons. The Kier molecular flexibility index (Phi) is 4.60. The summed E-state index contributed by atoms with van der Waals surface area (Å²) in [6.07, 6.45) is 0.854. The average Bonchev–Trinajstić information content (AvgIpc) is 2.80. The number of halogens is 1. The van der Waals surface area contributed by atoms with Crippen LogP contribution in [0.1, 0.15) is 23.7 Å². The van der Waals surface area contributed by atoms with E-state index in [0.29, 0.717) is 13.2 Å². The Labute approximate surface area is 122 Å². The van der Waals surface area contributed by atoms with Gasteiger partial charge < -0.3 is 10.1 Å². The lowest BCUT2D eigenvalue weighted by molar-refractivity contribution is 0.0904. The van der Waals surface area contributed by atoms with Gasteiger partial charge in [0.05, 0.1) is 16.6 Å². The molecule has 0 spiro atoms. The molecule has 6 nitrogen and oxygen atoms in total. The van der Waals surface area contributed by atoms with E-state index in [4.69, 9.17) is 9.88 Å². The summed E-state index contributed by atoms with van der Waals surface area (Å²) in [4.78, 5) is 11.7. The van der Waals surface area contributed by atoms with Gasteiger partial charge in [-0.2, -0.15) is 0 Å². The minimum Gasteiger partial charge on any atom is -0.378 e. The zero-order chi connectivity index (χ0) is 15.6. The molecule has 1 aromatic carbocycles. The van der Waals surface area contributed by atoms with E-state index in [2.05, 4.69) is 5.32 Å². The largest absolute Gasteiger partial charge is 0.378 e. The van der Waals surface area contributed by atoms with E-state index in [0.717, 1.165) is 24.6 Å². The van der Waals surface area contributed by atoms with E-state index in [-0.39, 0.29) is 22.5 Å². The molecule has 0 aromatic heterocycles. The minimum atomic E-state index is -3.98. The Balaban J connectivity index is 2.11. The van der Waals surface area contributed by atoms with Crippen molar-refractivity contribution in [2.24, 2.45) is 11.1 Å². The third-order valence-corrected chi connectivity index (χ3v) is 4.48. The first-order valence-electron chi connectivity index (χ1n) is 6.51. The minimum absolute atomic E-state index is 0.0332. The number of carbonyl (C=O) groups is 1. The maximum absolute atomic E-state index is 13.7. The van der Waals surface area contributed by atoms with E-state index < -0.39 is 21.7 Å². The molecule has 8 heteroatoms. The predicted molar refractivity (Wildman–Crippen MR) is 73.6 cm³/mol. The van der Waals surface area contributed by atoms with Crippen LogP contribution >= 0.6 is 0 Å². The SMILES string of the molecule is CC1OCCC1CNC(=O)c1cc(S(N)(=O)=O)ccc1F. The monoisotopic (exact) mass is 316 g/mol. The molecule has 2 unspecified atom stereocenters. The molecule has 0 radical (unpaired) electrons. The number of sulfonamides is 1. The molecule has 21 heavy (non-hydrogen) atoms. The van der Waals surface area contributed by atoms with Crippen LogP contribution in [0, 0.1) is 11.7 Å². The molecule has 0 saturated carbocycles. The molecule has 1 aliphatic heterocycles. The van der Waals surface area contributed by atoms with Crippen LogP contribution in [0.3, 0.4) is 0 Å². The number of primary sulfonamides is 1. The summed E-state index contributed by atoms with van der Waals surface area (Å²) >= 11 is 0. The summed E-state index contributed by atoms with van der Waals surface area (Å²) in [5.74, 6) is -1.30. The topological polar surface area (TPSA) is 98.5 Å². The number of ether oxygens (including phenoxy) is 1. The fourth-order valence-electron chi connectivity index (χ4n) is 2.22. The van der Waals surface area contributed by atoms with Crippen LogP contribution < -0.4 is 10.5 Å². The number of carbonyl (C=O) groups excluding carboxylic acids is 1. The Hall–Kier alpha value is -1.51. The number of nitrogens with one attached hydrogen (secondary N) is 1. The molecular formula is C13H17FN2O4S. The molecule has 3 N–H and O–H groups in total. The summed E-state index contributed by atoms with van der Waals surface area (Å²) in [7, 11) is -3.98. The fourth-order valence-corrected chi connectivity index (χ4v) is 2.76. The number of hydrogen-bond acceptors (Lipinski definition) is 4. The van der Waals surface area contributed by atoms with E-state index in [9.17, 15) is 17.6 Å². The van der Waals surface area contributed by atoms with Gasteiger partial charge in [-0.3, -0.25) is 4.79 Å². The lowest BCUT2D eigenvalue weighted by atomic mass is 10.0. The first-order valence-corrected chi connectivity index (χ1v) is 8.06. The summed E-state index contributed by atoms with van der Waals surface area (Å²) < 4.78 is 41.5. The van der Waals surface area contributed by atoms with Crippen LogP contribution in [-0.4, -0.2) is 33.6 Å². The normalized spacial score (nSPS) is 22.2. The van der Waals surface area contributed by atoms with E-state index in [1.165, 1.54) is 0 Å². The first kappa shape index (κ1) is 15.9. The molecule has 1 amide bonds. The van der Waals surface area contributed by atoms with Gasteiger partial charge in [0.2, 0.25) is 10.0 Å². The Morgan fingerprint density at radius 3 is 2.81 bits per heavy atom. The van der Waals surface area contributed by atoms with Crippen molar-refractivity contribution in [3.63, 3.8) is 0 Å². The lowest BCUT2D eigenvalue weighted by Gasteiger charge is -2.15. The van der Waals surface area contributed by atoms with Crippen molar-refractivity contribution in [1.82, 2.24) is 5.32 Å². The van der Waals surface area contributed by atoms with Gasteiger partial charge in [0.25, 0.3) is 5.91 Å². The van der Waals surface area contributed by atoms with Gasteiger partial charge in [0.1, 0.15) is 5.82 Å². The molecule has 0 aliphatic carbocycles. The highest BCUT2D eigenvalue weighted by atomic mass is 32.2. The third-order valence-electron chi connectivity index (χ3n) is 3.57. The van der Waals surface area contributed by atoms with Crippen LogP contribution in [-0.2, 0) is 14.8 Å². The summed E-state index contributed by atoms with van der Waals surface area (Å²) in [6, 6.07) is 2.87. The zero-order valence-electron chi connectivity index (χ0n) is 11.5. The molecular weight excluding hydrogens is 299 g/mol. The molecule has 1 aromatic rings. The zero-order valence-corrected chi connectivity index (χ0v) is 12.3. The number of benzene rings is 1. The van der Waals surface area contributed by atoms with E-state index in [1.807, 2.05) is 6.92 Å². The second kappa shape index (κ2) is 6.08. The molecule has 2 rings (SSSR count). The summed E-state index contributed by atoms with van der Waals surface area (Å²) in [5.41, 5.74) is -0.340. The third kappa shape index (κ3) is 3.78. The fraction of sp³-hybridized carbons (Fsp3) is 0.462. The quantitative estimate of drug-likeness (QED) is 0.851. The molecule has 0 bridgehead atoms. The maximum Gasteiger partial charge on any atom is 0.254 e. The van der Waals surface area contributed by atoms with E-state index in [1.54, 1.807) is 0 Å². The van der Waals surface area contributed by atoms with Crippen LogP contribution in [0.5, 0.6) is 0 Å². The second-order valence-electron chi connectivity index (χ2n) is 5.02. The average molecular weight is 316 g/mol. The molecule has 1 saturated heterocycles. The van der Waals surface area contributed by atoms with Crippen molar-refractivity contribution >= 4 is 15.9 Å². The van der Waals surface area contributed by atoms with E-state index >= 15 is 0 Å². The highest BCUT2D eigenvalue weighted by Crippen LogP contribution is 2.20. The number of amides is 1. The first-order chi connectivity index (χ1) is 9.79.